The van der Waals surface area contributed by atoms with Crippen LogP contribution in [0.15, 0.2) is 73.3 Å². The van der Waals surface area contributed by atoms with Gasteiger partial charge >= 0.3 is 0 Å². The lowest BCUT2D eigenvalue weighted by Crippen LogP contribution is -2.29. The monoisotopic (exact) mass is 434 g/mol. The second kappa shape index (κ2) is 9.30. The molecule has 0 aliphatic carbocycles. The molecule has 1 amide bonds. The number of non-ortho nitro benzene ring substituents is 1. The van der Waals surface area contributed by atoms with Crippen molar-refractivity contribution in [1.82, 2.24) is 4.90 Å². The number of hydrogen-bond donors (Lipinski definition) is 1. The Morgan fingerprint density at radius 1 is 1.19 bits per heavy atom. The van der Waals surface area contributed by atoms with Crippen LogP contribution in [0.5, 0.6) is 5.75 Å². The van der Waals surface area contributed by atoms with Crippen LogP contribution in [0.1, 0.15) is 22.7 Å². The van der Waals surface area contributed by atoms with Gasteiger partial charge in [0.05, 0.1) is 16.5 Å². The number of benzene rings is 2. The van der Waals surface area contributed by atoms with Gasteiger partial charge in [-0.3, -0.25) is 19.7 Å². The molecule has 1 fully saturated rings. The Bertz CT molecular complexity index is 1130. The number of nitro benzene ring substituents is 1. The SMILES string of the molecule is C=CCOc1ccc(/C(O)=C2/C(=O)C(=O)N(CC=C)C2c2ccc([N+](=O)[O-])cc2)c(C)c1. The van der Waals surface area contributed by atoms with Crippen LogP contribution in [0.3, 0.4) is 0 Å². The summed E-state index contributed by atoms with van der Waals surface area (Å²) < 4.78 is 5.49. The van der Waals surface area contributed by atoms with E-state index in [2.05, 4.69) is 13.2 Å². The molecule has 1 aliphatic rings. The zero-order valence-corrected chi connectivity index (χ0v) is 17.5. The van der Waals surface area contributed by atoms with Crippen molar-refractivity contribution in [2.75, 3.05) is 13.2 Å². The molecule has 8 heteroatoms. The minimum absolute atomic E-state index is 0.0658. The van der Waals surface area contributed by atoms with Crippen molar-refractivity contribution >= 4 is 23.1 Å². The smallest absolute Gasteiger partial charge is 0.295 e. The average Bonchev–Trinajstić information content (AvgIpc) is 3.02. The fourth-order valence-corrected chi connectivity index (χ4v) is 3.62. The number of ketones is 1. The van der Waals surface area contributed by atoms with E-state index in [0.717, 1.165) is 0 Å². The Labute approximate surface area is 184 Å². The number of aryl methyl sites for hydroxylation is 1. The molecule has 1 atom stereocenters. The van der Waals surface area contributed by atoms with E-state index < -0.39 is 22.7 Å². The average molecular weight is 434 g/mol. The molecule has 8 nitrogen and oxygen atoms in total. The summed E-state index contributed by atoms with van der Waals surface area (Å²) in [5.74, 6) is -1.37. The Kier molecular flexibility index (Phi) is 6.53. The Morgan fingerprint density at radius 3 is 2.44 bits per heavy atom. The highest BCUT2D eigenvalue weighted by Gasteiger charge is 2.45. The molecule has 1 unspecified atom stereocenters. The van der Waals surface area contributed by atoms with Crippen LogP contribution in [0.2, 0.25) is 0 Å². The molecular weight excluding hydrogens is 412 g/mol. The molecule has 1 aliphatic heterocycles. The number of amides is 1. The maximum Gasteiger partial charge on any atom is 0.295 e. The first-order valence-electron chi connectivity index (χ1n) is 9.78. The van der Waals surface area contributed by atoms with E-state index in [1.54, 1.807) is 31.2 Å². The van der Waals surface area contributed by atoms with Gasteiger partial charge < -0.3 is 14.7 Å². The summed E-state index contributed by atoms with van der Waals surface area (Å²) in [5.41, 5.74) is 1.26. The van der Waals surface area contributed by atoms with Crippen molar-refractivity contribution < 1.29 is 24.4 Å². The predicted octanol–water partition coefficient (Wildman–Crippen LogP) is 4.08. The van der Waals surface area contributed by atoms with Crippen molar-refractivity contribution in [2.24, 2.45) is 0 Å². The maximum atomic E-state index is 12.9. The number of nitrogens with zero attached hydrogens (tertiary/aromatic N) is 2. The van der Waals surface area contributed by atoms with Gasteiger partial charge in [0.25, 0.3) is 17.4 Å². The van der Waals surface area contributed by atoms with Gasteiger partial charge in [-0.25, -0.2) is 0 Å². The van der Waals surface area contributed by atoms with E-state index in [1.165, 1.54) is 35.2 Å². The van der Waals surface area contributed by atoms with Crippen LogP contribution in [0, 0.1) is 17.0 Å². The third-order valence-electron chi connectivity index (χ3n) is 5.11. The van der Waals surface area contributed by atoms with Gasteiger partial charge in [-0.15, -0.1) is 6.58 Å². The highest BCUT2D eigenvalue weighted by atomic mass is 16.6. The summed E-state index contributed by atoms with van der Waals surface area (Å²) in [5, 5.41) is 22.1. The molecule has 1 saturated heterocycles. The normalized spacial score (nSPS) is 17.3. The standard InChI is InChI=1S/C24H22N2O6/c1-4-12-25-21(16-6-8-17(9-7-16)26(30)31)20(23(28)24(25)29)22(27)19-11-10-18(14-15(19)3)32-13-5-2/h4-11,14,21,27H,1-2,12-13H2,3H3/b22-20-. The summed E-state index contributed by atoms with van der Waals surface area (Å²) in [6, 6.07) is 9.57. The van der Waals surface area contributed by atoms with Crippen LogP contribution < -0.4 is 4.74 Å². The predicted molar refractivity (Wildman–Crippen MR) is 119 cm³/mol. The summed E-state index contributed by atoms with van der Waals surface area (Å²) in [6.45, 7) is 9.36. The Hall–Kier alpha value is -4.20. The Balaban J connectivity index is 2.13. The number of carbonyl (C=O) groups excluding carboxylic acids is 2. The van der Waals surface area contributed by atoms with E-state index in [1.807, 2.05) is 0 Å². The molecule has 0 spiro atoms. The molecular formula is C24H22N2O6. The fraction of sp³-hybridized carbons (Fsp3) is 0.167. The van der Waals surface area contributed by atoms with Crippen molar-refractivity contribution in [3.8, 4) is 5.75 Å². The van der Waals surface area contributed by atoms with Gasteiger partial charge in [0.1, 0.15) is 18.1 Å². The van der Waals surface area contributed by atoms with Gasteiger partial charge in [0, 0.05) is 24.2 Å². The van der Waals surface area contributed by atoms with Crippen LogP contribution in [0.4, 0.5) is 5.69 Å². The summed E-state index contributed by atoms with van der Waals surface area (Å²) >= 11 is 0. The number of likely N-dealkylation sites (tertiary alicyclic amines) is 1. The fourth-order valence-electron chi connectivity index (χ4n) is 3.62. The lowest BCUT2D eigenvalue weighted by Gasteiger charge is -2.24. The maximum absolute atomic E-state index is 12.9. The molecule has 1 N–H and O–H groups in total. The first-order chi connectivity index (χ1) is 15.3. The number of hydrogen-bond acceptors (Lipinski definition) is 6. The molecule has 0 saturated carbocycles. The summed E-state index contributed by atoms with van der Waals surface area (Å²) in [7, 11) is 0. The van der Waals surface area contributed by atoms with E-state index in [-0.39, 0.29) is 23.6 Å². The molecule has 2 aromatic rings. The van der Waals surface area contributed by atoms with Crippen molar-refractivity contribution in [1.29, 1.82) is 0 Å². The zero-order valence-electron chi connectivity index (χ0n) is 17.5. The van der Waals surface area contributed by atoms with Gasteiger partial charge in [0.2, 0.25) is 0 Å². The van der Waals surface area contributed by atoms with Crippen molar-refractivity contribution in [3.05, 3.63) is 100 Å². The van der Waals surface area contributed by atoms with Crippen LogP contribution >= 0.6 is 0 Å². The quantitative estimate of drug-likeness (QED) is 0.167. The molecule has 164 valence electrons. The highest BCUT2D eigenvalue weighted by Crippen LogP contribution is 2.40. The molecule has 32 heavy (non-hydrogen) atoms. The lowest BCUT2D eigenvalue weighted by molar-refractivity contribution is -0.384. The molecule has 0 radical (unpaired) electrons. The third kappa shape index (κ3) is 4.15. The van der Waals surface area contributed by atoms with E-state index in [4.69, 9.17) is 4.74 Å². The zero-order chi connectivity index (χ0) is 23.4. The number of carbonyl (C=O) groups is 2. The van der Waals surface area contributed by atoms with Crippen molar-refractivity contribution in [2.45, 2.75) is 13.0 Å². The van der Waals surface area contributed by atoms with Gasteiger partial charge in [-0.2, -0.15) is 0 Å². The van der Waals surface area contributed by atoms with Crippen LogP contribution in [0.25, 0.3) is 5.76 Å². The second-order valence-electron chi connectivity index (χ2n) is 7.17. The largest absolute Gasteiger partial charge is 0.507 e. The topological polar surface area (TPSA) is 110 Å². The second-order valence-corrected chi connectivity index (χ2v) is 7.17. The van der Waals surface area contributed by atoms with Crippen molar-refractivity contribution in [3.63, 3.8) is 0 Å². The van der Waals surface area contributed by atoms with Crippen LogP contribution in [-0.4, -0.2) is 39.8 Å². The minimum atomic E-state index is -0.912. The summed E-state index contributed by atoms with van der Waals surface area (Å²) in [4.78, 5) is 37.3. The Morgan fingerprint density at radius 2 is 1.88 bits per heavy atom. The minimum Gasteiger partial charge on any atom is -0.507 e. The number of aliphatic hydroxyl groups is 1. The van der Waals surface area contributed by atoms with Gasteiger partial charge in [0.15, 0.2) is 0 Å². The third-order valence-corrected chi connectivity index (χ3v) is 5.11. The number of rotatable bonds is 8. The highest BCUT2D eigenvalue weighted by molar-refractivity contribution is 6.46. The number of nitro groups is 1. The van der Waals surface area contributed by atoms with E-state index in [0.29, 0.717) is 29.0 Å². The molecule has 2 aromatic carbocycles. The summed E-state index contributed by atoms with van der Waals surface area (Å²) in [6.07, 6.45) is 3.08. The number of aliphatic hydroxyl groups excluding tert-OH is 1. The lowest BCUT2D eigenvalue weighted by atomic mass is 9.93. The first-order valence-corrected chi connectivity index (χ1v) is 9.78. The molecule has 0 bridgehead atoms. The van der Waals surface area contributed by atoms with Crippen LogP contribution in [-0.2, 0) is 9.59 Å². The first kappa shape index (κ1) is 22.5. The van der Waals surface area contributed by atoms with Gasteiger partial charge in [-0.1, -0.05) is 18.7 Å². The molecule has 0 aromatic heterocycles. The van der Waals surface area contributed by atoms with Gasteiger partial charge in [-0.05, 0) is 48.4 Å². The molecule has 3 rings (SSSR count). The van der Waals surface area contributed by atoms with E-state index in [9.17, 15) is 24.8 Å². The number of ether oxygens (including phenoxy) is 1. The number of Topliss-reactive ketones (excluding diaryl/α,β-unsaturated/α-hetero) is 1. The molecule has 1 heterocycles. The van der Waals surface area contributed by atoms with E-state index >= 15 is 0 Å².